The number of hydrogen-bond acceptors (Lipinski definition) is 5. The number of carbonyl (C=O) groups is 1. The maximum atomic E-state index is 13.7. The van der Waals surface area contributed by atoms with Crippen molar-refractivity contribution in [2.45, 2.75) is 23.8 Å². The van der Waals surface area contributed by atoms with E-state index in [1.54, 1.807) is 48.7 Å². The molecule has 1 aromatic heterocycles. The van der Waals surface area contributed by atoms with Gasteiger partial charge in [0, 0.05) is 30.2 Å². The highest BCUT2D eigenvalue weighted by Gasteiger charge is 2.29. The van der Waals surface area contributed by atoms with Gasteiger partial charge in [-0.3, -0.25) is 4.79 Å². The summed E-state index contributed by atoms with van der Waals surface area (Å²) in [5.41, 5.74) is 1.93. The van der Waals surface area contributed by atoms with E-state index in [1.807, 2.05) is 41.3 Å². The Morgan fingerprint density at radius 3 is 2.31 bits per heavy atom. The summed E-state index contributed by atoms with van der Waals surface area (Å²) in [4.78, 5) is 15.8. The fourth-order valence-electron chi connectivity index (χ4n) is 4.55. The molecule has 0 aliphatic carbocycles. The van der Waals surface area contributed by atoms with Crippen molar-refractivity contribution in [1.82, 2.24) is 8.87 Å². The molecule has 1 atom stereocenters. The molecule has 2 heterocycles. The van der Waals surface area contributed by atoms with E-state index < -0.39 is 16.1 Å². The van der Waals surface area contributed by atoms with Crippen LogP contribution in [0.5, 0.6) is 0 Å². The molecule has 1 unspecified atom stereocenters. The zero-order valence-electron chi connectivity index (χ0n) is 19.1. The lowest BCUT2D eigenvalue weighted by atomic mass is 10.0. The van der Waals surface area contributed by atoms with Crippen LogP contribution in [0.25, 0.3) is 10.9 Å². The van der Waals surface area contributed by atoms with Gasteiger partial charge in [-0.25, -0.2) is 12.4 Å². The molecule has 3 aromatic carbocycles. The van der Waals surface area contributed by atoms with Gasteiger partial charge in [-0.15, -0.1) is 0 Å². The molecule has 6 nitrogen and oxygen atoms in total. The summed E-state index contributed by atoms with van der Waals surface area (Å²) in [6.45, 7) is 1.07. The van der Waals surface area contributed by atoms with Crippen molar-refractivity contribution < 1.29 is 18.3 Å². The smallest absolute Gasteiger partial charge is 0.268 e. The zero-order chi connectivity index (χ0) is 24.4. The van der Waals surface area contributed by atoms with E-state index in [0.717, 1.165) is 12.0 Å². The first-order valence-electron chi connectivity index (χ1n) is 11.6. The maximum Gasteiger partial charge on any atom is 0.268 e. The average molecular weight is 487 g/mol. The number of carbonyl (C=O) groups excluding carboxylic acids is 1. The second kappa shape index (κ2) is 9.52. The molecule has 0 saturated carbocycles. The van der Waals surface area contributed by atoms with Gasteiger partial charge in [0.15, 0.2) is 0 Å². The standard InChI is InChI=1S/C28H26N2O4S/c31-27(21-10-3-1-4-11-21)20-29-17-9-13-23(19-29)28(32)26-18-22-12-7-8-16-25(22)30(26)35(33,34)24-14-5-2-6-15-24/h1-8,10-12,14-16,18-19,27,31H,9,13,17,20H2. The van der Waals surface area contributed by atoms with Gasteiger partial charge in [-0.2, -0.15) is 0 Å². The van der Waals surface area contributed by atoms with E-state index >= 15 is 0 Å². The number of allylic oxidation sites excluding steroid dienone is 1. The molecule has 35 heavy (non-hydrogen) atoms. The van der Waals surface area contributed by atoms with Crippen LogP contribution in [0.2, 0.25) is 0 Å². The lowest BCUT2D eigenvalue weighted by molar-refractivity contribution is 0.100. The first-order valence-corrected chi connectivity index (χ1v) is 13.0. The Morgan fingerprint density at radius 1 is 0.914 bits per heavy atom. The fraction of sp³-hybridized carbons (Fsp3) is 0.179. The summed E-state index contributed by atoms with van der Waals surface area (Å²) in [5, 5.41) is 11.3. The molecule has 0 radical (unpaired) electrons. The number of β-amino-alcohol motifs (C(OH)–C–C–N with tert-alkyl or cyclic N) is 1. The van der Waals surface area contributed by atoms with Crippen LogP contribution in [0.4, 0.5) is 0 Å². The third kappa shape index (κ3) is 4.52. The van der Waals surface area contributed by atoms with Crippen molar-refractivity contribution in [1.29, 1.82) is 0 Å². The van der Waals surface area contributed by atoms with Crippen molar-refractivity contribution in [3.05, 3.63) is 114 Å². The van der Waals surface area contributed by atoms with Gasteiger partial charge in [0.2, 0.25) is 5.78 Å². The molecule has 5 rings (SSSR count). The molecule has 1 aliphatic rings. The van der Waals surface area contributed by atoms with E-state index in [1.165, 1.54) is 16.1 Å². The van der Waals surface area contributed by atoms with Gasteiger partial charge in [0.05, 0.1) is 16.5 Å². The van der Waals surface area contributed by atoms with Crippen LogP contribution in [0.1, 0.15) is 35.0 Å². The molecule has 0 amide bonds. The van der Waals surface area contributed by atoms with Crippen LogP contribution in [-0.2, 0) is 10.0 Å². The Balaban J connectivity index is 1.52. The Labute approximate surface area is 204 Å². The van der Waals surface area contributed by atoms with Crippen molar-refractivity contribution in [2.24, 2.45) is 0 Å². The number of aromatic nitrogens is 1. The largest absolute Gasteiger partial charge is 0.387 e. The summed E-state index contributed by atoms with van der Waals surface area (Å²) in [6.07, 6.45) is 2.37. The monoisotopic (exact) mass is 486 g/mol. The number of nitrogens with zero attached hydrogens (tertiary/aromatic N) is 2. The van der Waals surface area contributed by atoms with E-state index in [-0.39, 0.29) is 16.4 Å². The summed E-state index contributed by atoms with van der Waals surface area (Å²) >= 11 is 0. The van der Waals surface area contributed by atoms with Crippen LogP contribution in [0.15, 0.2) is 108 Å². The van der Waals surface area contributed by atoms with Gasteiger partial charge in [-0.1, -0.05) is 66.7 Å². The second-order valence-corrected chi connectivity index (χ2v) is 10.5. The van der Waals surface area contributed by atoms with Crippen LogP contribution in [-0.4, -0.2) is 41.3 Å². The minimum Gasteiger partial charge on any atom is -0.387 e. The Morgan fingerprint density at radius 2 is 1.57 bits per heavy atom. The topological polar surface area (TPSA) is 79.6 Å². The van der Waals surface area contributed by atoms with E-state index in [9.17, 15) is 18.3 Å². The average Bonchev–Trinajstić information content (AvgIpc) is 3.30. The lowest BCUT2D eigenvalue weighted by Crippen LogP contribution is -2.30. The quantitative estimate of drug-likeness (QED) is 0.381. The lowest BCUT2D eigenvalue weighted by Gasteiger charge is -2.28. The highest BCUT2D eigenvalue weighted by atomic mass is 32.2. The van der Waals surface area contributed by atoms with Crippen LogP contribution in [0.3, 0.4) is 0 Å². The molecule has 0 saturated heterocycles. The number of aliphatic hydroxyl groups excluding tert-OH is 1. The minimum atomic E-state index is -3.99. The van der Waals surface area contributed by atoms with Gasteiger partial charge in [-0.05, 0) is 42.7 Å². The van der Waals surface area contributed by atoms with E-state index in [0.29, 0.717) is 36.0 Å². The third-order valence-electron chi connectivity index (χ3n) is 6.29. The zero-order valence-corrected chi connectivity index (χ0v) is 19.9. The number of aliphatic hydroxyl groups is 1. The molecule has 0 spiro atoms. The maximum absolute atomic E-state index is 13.7. The molecule has 1 aliphatic heterocycles. The highest BCUT2D eigenvalue weighted by Crippen LogP contribution is 2.29. The molecular weight excluding hydrogens is 460 g/mol. The summed E-state index contributed by atoms with van der Waals surface area (Å²) in [7, 11) is -3.99. The molecule has 0 fully saturated rings. The van der Waals surface area contributed by atoms with Crippen molar-refractivity contribution >= 4 is 26.7 Å². The van der Waals surface area contributed by atoms with Crippen molar-refractivity contribution in [3.8, 4) is 0 Å². The molecule has 178 valence electrons. The summed E-state index contributed by atoms with van der Waals surface area (Å²) in [5.74, 6) is -0.320. The Kier molecular flexibility index (Phi) is 6.28. The number of rotatable bonds is 7. The number of hydrogen-bond donors (Lipinski definition) is 1. The number of fused-ring (bicyclic) bond motifs is 1. The van der Waals surface area contributed by atoms with E-state index in [4.69, 9.17) is 0 Å². The number of benzene rings is 3. The van der Waals surface area contributed by atoms with Gasteiger partial charge in [0.1, 0.15) is 5.69 Å². The van der Waals surface area contributed by atoms with Crippen LogP contribution >= 0.6 is 0 Å². The van der Waals surface area contributed by atoms with E-state index in [2.05, 4.69) is 0 Å². The highest BCUT2D eigenvalue weighted by molar-refractivity contribution is 7.90. The number of para-hydroxylation sites is 1. The van der Waals surface area contributed by atoms with Gasteiger partial charge in [0.25, 0.3) is 10.0 Å². The SMILES string of the molecule is O=C(C1=CN(CC(O)c2ccccc2)CCC1)c1cc2ccccc2n1S(=O)(=O)c1ccccc1. The predicted octanol–water partition coefficient (Wildman–Crippen LogP) is 4.77. The first kappa shape index (κ1) is 23.1. The van der Waals surface area contributed by atoms with Crippen LogP contribution < -0.4 is 0 Å². The fourth-order valence-corrected chi connectivity index (χ4v) is 6.08. The van der Waals surface area contributed by atoms with Gasteiger partial charge >= 0.3 is 0 Å². The molecule has 1 N–H and O–H groups in total. The van der Waals surface area contributed by atoms with Crippen LogP contribution in [0, 0.1) is 0 Å². The molecule has 0 bridgehead atoms. The molecule has 4 aromatic rings. The molecule has 7 heteroatoms. The summed E-state index contributed by atoms with van der Waals surface area (Å²) < 4.78 is 28.4. The Hall–Kier alpha value is -3.68. The minimum absolute atomic E-state index is 0.117. The number of ketones is 1. The Bertz CT molecular complexity index is 1490. The summed E-state index contributed by atoms with van der Waals surface area (Å²) in [6, 6.07) is 26.3. The normalized spacial score (nSPS) is 15.1. The number of Topliss-reactive ketones (excluding diaryl/α,β-unsaturated/α-hetero) is 1. The van der Waals surface area contributed by atoms with Gasteiger partial charge < -0.3 is 10.0 Å². The van der Waals surface area contributed by atoms with Crippen molar-refractivity contribution in [3.63, 3.8) is 0 Å². The third-order valence-corrected chi connectivity index (χ3v) is 8.04. The van der Waals surface area contributed by atoms with Crippen molar-refractivity contribution in [2.75, 3.05) is 13.1 Å². The molecular formula is C28H26N2O4S. The predicted molar refractivity (Wildman–Crippen MR) is 136 cm³/mol. The second-order valence-electron chi connectivity index (χ2n) is 8.68. The first-order chi connectivity index (χ1) is 16.9.